The van der Waals surface area contributed by atoms with E-state index in [1.165, 1.54) is 10.9 Å². The Kier molecular flexibility index (Phi) is 3.26. The van der Waals surface area contributed by atoms with Gasteiger partial charge in [0.25, 0.3) is 5.56 Å². The van der Waals surface area contributed by atoms with Gasteiger partial charge in [0, 0.05) is 11.5 Å². The maximum atomic E-state index is 12.1. The molecule has 0 aliphatic heterocycles. The van der Waals surface area contributed by atoms with Crippen LogP contribution in [0.2, 0.25) is 0 Å². The molecule has 0 spiro atoms. The van der Waals surface area contributed by atoms with Gasteiger partial charge in [-0.25, -0.2) is 4.68 Å². The zero-order valence-corrected chi connectivity index (χ0v) is 11.9. The molecule has 5 heteroatoms. The Bertz CT molecular complexity index is 677. The average Bonchev–Trinajstić information content (AvgIpc) is 2.33. The van der Waals surface area contributed by atoms with Crippen molar-refractivity contribution in [2.75, 3.05) is 0 Å². The van der Waals surface area contributed by atoms with Crippen LogP contribution in [0.5, 0.6) is 5.75 Å². The van der Waals surface area contributed by atoms with Crippen molar-refractivity contribution in [3.63, 3.8) is 0 Å². The summed E-state index contributed by atoms with van der Waals surface area (Å²) in [6.07, 6.45) is 1.29. The van der Waals surface area contributed by atoms with E-state index >= 15 is 0 Å². The third-order valence-electron chi connectivity index (χ3n) is 2.97. The van der Waals surface area contributed by atoms with Crippen molar-refractivity contribution in [3.8, 4) is 16.9 Å². The molecular formula is C13H13BrN2O2. The van der Waals surface area contributed by atoms with Gasteiger partial charge >= 0.3 is 0 Å². The van der Waals surface area contributed by atoms with E-state index in [1.54, 1.807) is 7.05 Å². The van der Waals surface area contributed by atoms with E-state index in [2.05, 4.69) is 21.0 Å². The molecule has 1 heterocycles. The van der Waals surface area contributed by atoms with Crippen molar-refractivity contribution in [1.82, 2.24) is 9.78 Å². The van der Waals surface area contributed by atoms with Crippen molar-refractivity contribution in [2.45, 2.75) is 13.8 Å². The van der Waals surface area contributed by atoms with Gasteiger partial charge < -0.3 is 5.11 Å². The Morgan fingerprint density at radius 2 is 1.94 bits per heavy atom. The SMILES string of the molecule is Cc1ccc(Br)c(C)c1-c1c(O)cnn(C)c1=O. The topological polar surface area (TPSA) is 55.1 Å². The molecule has 0 fully saturated rings. The second kappa shape index (κ2) is 4.57. The molecule has 0 saturated carbocycles. The number of hydrogen-bond donors (Lipinski definition) is 1. The monoisotopic (exact) mass is 308 g/mol. The van der Waals surface area contributed by atoms with Crippen molar-refractivity contribution in [3.05, 3.63) is 44.3 Å². The standard InChI is InChI=1S/C13H13BrN2O2/c1-7-4-5-9(14)8(2)11(7)12-10(17)6-15-16(3)13(12)18/h4-6,17H,1-3H3. The molecular weight excluding hydrogens is 296 g/mol. The fraction of sp³-hybridized carbons (Fsp3) is 0.231. The Balaban J connectivity index is 2.90. The summed E-state index contributed by atoms with van der Waals surface area (Å²) in [5.74, 6) is -0.0950. The van der Waals surface area contributed by atoms with Crippen LogP contribution in [0.3, 0.4) is 0 Å². The van der Waals surface area contributed by atoms with Crippen LogP contribution in [0.15, 0.2) is 27.6 Å². The van der Waals surface area contributed by atoms with E-state index < -0.39 is 0 Å². The van der Waals surface area contributed by atoms with E-state index in [-0.39, 0.29) is 11.3 Å². The van der Waals surface area contributed by atoms with Crippen molar-refractivity contribution >= 4 is 15.9 Å². The van der Waals surface area contributed by atoms with Gasteiger partial charge in [0.1, 0.15) is 5.75 Å². The van der Waals surface area contributed by atoms with Crippen molar-refractivity contribution in [2.24, 2.45) is 7.05 Å². The molecule has 0 atom stereocenters. The first-order valence-corrected chi connectivity index (χ1v) is 6.24. The van der Waals surface area contributed by atoms with Gasteiger partial charge in [0.2, 0.25) is 0 Å². The second-order valence-corrected chi connectivity index (χ2v) is 5.05. The van der Waals surface area contributed by atoms with E-state index in [0.29, 0.717) is 5.56 Å². The summed E-state index contributed by atoms with van der Waals surface area (Å²) < 4.78 is 2.12. The molecule has 1 aromatic carbocycles. The van der Waals surface area contributed by atoms with E-state index in [0.717, 1.165) is 21.2 Å². The lowest BCUT2D eigenvalue weighted by Crippen LogP contribution is -2.21. The van der Waals surface area contributed by atoms with Crippen molar-refractivity contribution < 1.29 is 5.11 Å². The Morgan fingerprint density at radius 1 is 1.28 bits per heavy atom. The average molecular weight is 309 g/mol. The third kappa shape index (κ3) is 1.95. The summed E-state index contributed by atoms with van der Waals surface area (Å²) in [5.41, 5.74) is 2.61. The van der Waals surface area contributed by atoms with Gasteiger partial charge in [-0.3, -0.25) is 4.79 Å². The molecule has 4 nitrogen and oxygen atoms in total. The van der Waals surface area contributed by atoms with Gasteiger partial charge in [-0.15, -0.1) is 0 Å². The van der Waals surface area contributed by atoms with Crippen LogP contribution in [0, 0.1) is 13.8 Å². The predicted octanol–water partition coefficient (Wildman–Crippen LogP) is 2.53. The summed E-state index contributed by atoms with van der Waals surface area (Å²) in [6, 6.07) is 3.84. The van der Waals surface area contributed by atoms with Gasteiger partial charge in [0.05, 0.1) is 11.8 Å². The molecule has 0 amide bonds. The minimum atomic E-state index is -0.306. The Hall–Kier alpha value is -1.62. The second-order valence-electron chi connectivity index (χ2n) is 4.20. The fourth-order valence-corrected chi connectivity index (χ4v) is 2.30. The molecule has 18 heavy (non-hydrogen) atoms. The smallest absolute Gasteiger partial charge is 0.278 e. The van der Waals surface area contributed by atoms with Crippen molar-refractivity contribution in [1.29, 1.82) is 0 Å². The maximum absolute atomic E-state index is 12.1. The number of nitrogens with zero attached hydrogens (tertiary/aromatic N) is 2. The van der Waals surface area contributed by atoms with Gasteiger partial charge in [-0.2, -0.15) is 5.10 Å². The normalized spacial score (nSPS) is 10.7. The number of aryl methyl sites for hydroxylation is 2. The molecule has 0 aliphatic carbocycles. The van der Waals surface area contributed by atoms with Gasteiger partial charge in [-0.05, 0) is 36.6 Å². The van der Waals surface area contributed by atoms with Gasteiger partial charge in [0.15, 0.2) is 0 Å². The molecule has 0 aliphatic rings. The predicted molar refractivity (Wildman–Crippen MR) is 73.8 cm³/mol. The van der Waals surface area contributed by atoms with Crippen LogP contribution in [-0.2, 0) is 7.05 Å². The van der Waals surface area contributed by atoms with Crippen LogP contribution >= 0.6 is 15.9 Å². The van der Waals surface area contributed by atoms with Crippen LogP contribution < -0.4 is 5.56 Å². The molecule has 0 radical (unpaired) electrons. The molecule has 2 rings (SSSR count). The minimum Gasteiger partial charge on any atom is -0.505 e. The highest BCUT2D eigenvalue weighted by Crippen LogP contribution is 2.33. The molecule has 1 aromatic heterocycles. The number of hydrogen-bond acceptors (Lipinski definition) is 3. The van der Waals surface area contributed by atoms with E-state index in [9.17, 15) is 9.90 Å². The minimum absolute atomic E-state index is 0.0950. The summed E-state index contributed by atoms with van der Waals surface area (Å²) in [5, 5.41) is 13.7. The highest BCUT2D eigenvalue weighted by molar-refractivity contribution is 9.10. The van der Waals surface area contributed by atoms with Crippen LogP contribution in [0.25, 0.3) is 11.1 Å². The number of rotatable bonds is 1. The number of aromatic hydroxyl groups is 1. The molecule has 0 bridgehead atoms. The van der Waals surface area contributed by atoms with Crippen LogP contribution in [0.1, 0.15) is 11.1 Å². The number of benzene rings is 1. The van der Waals surface area contributed by atoms with E-state index in [4.69, 9.17) is 0 Å². The van der Waals surface area contributed by atoms with E-state index in [1.807, 2.05) is 26.0 Å². The fourth-order valence-electron chi connectivity index (χ4n) is 1.97. The van der Waals surface area contributed by atoms with Crippen LogP contribution in [0.4, 0.5) is 0 Å². The third-order valence-corrected chi connectivity index (χ3v) is 3.83. The van der Waals surface area contributed by atoms with Crippen LogP contribution in [-0.4, -0.2) is 14.9 Å². The summed E-state index contributed by atoms with van der Waals surface area (Å²) in [7, 11) is 1.56. The molecule has 0 unspecified atom stereocenters. The lowest BCUT2D eigenvalue weighted by Gasteiger charge is -2.13. The Morgan fingerprint density at radius 3 is 2.61 bits per heavy atom. The Labute approximate surface area is 113 Å². The van der Waals surface area contributed by atoms with Gasteiger partial charge in [-0.1, -0.05) is 22.0 Å². The number of aromatic nitrogens is 2. The molecule has 94 valence electrons. The maximum Gasteiger partial charge on any atom is 0.278 e. The lowest BCUT2D eigenvalue weighted by molar-refractivity contribution is 0.467. The summed E-state index contributed by atoms with van der Waals surface area (Å²) in [6.45, 7) is 3.82. The summed E-state index contributed by atoms with van der Waals surface area (Å²) in [4.78, 5) is 12.1. The molecule has 2 aromatic rings. The zero-order chi connectivity index (χ0) is 13.4. The quantitative estimate of drug-likeness (QED) is 0.881. The first-order chi connectivity index (χ1) is 8.43. The zero-order valence-electron chi connectivity index (χ0n) is 10.4. The number of halogens is 1. The first-order valence-electron chi connectivity index (χ1n) is 5.45. The summed E-state index contributed by atoms with van der Waals surface area (Å²) >= 11 is 3.44. The molecule has 1 N–H and O–H groups in total. The largest absolute Gasteiger partial charge is 0.505 e. The first kappa shape index (κ1) is 12.8. The highest BCUT2D eigenvalue weighted by atomic mass is 79.9. The molecule has 0 saturated heterocycles. The highest BCUT2D eigenvalue weighted by Gasteiger charge is 2.17. The lowest BCUT2D eigenvalue weighted by atomic mass is 9.96.